The lowest BCUT2D eigenvalue weighted by Gasteiger charge is -2.32. The molecule has 0 bridgehead atoms. The van der Waals surface area contributed by atoms with Gasteiger partial charge in [0.05, 0.1) is 21.7 Å². The van der Waals surface area contributed by atoms with Crippen molar-refractivity contribution in [2.45, 2.75) is 57.0 Å². The first-order valence-electron chi connectivity index (χ1n) is 12.7. The van der Waals surface area contributed by atoms with Crippen LogP contribution in [0.5, 0.6) is 0 Å². The van der Waals surface area contributed by atoms with E-state index in [2.05, 4.69) is 19.1 Å². The summed E-state index contributed by atoms with van der Waals surface area (Å²) in [5.41, 5.74) is 3.50. The number of rotatable bonds is 7. The summed E-state index contributed by atoms with van der Waals surface area (Å²) in [4.78, 5) is 20.5. The predicted molar refractivity (Wildman–Crippen MR) is 150 cm³/mol. The molecule has 1 aliphatic heterocycles. The number of benzene rings is 3. The predicted octanol–water partition coefficient (Wildman–Crippen LogP) is 6.27. The molecule has 0 spiro atoms. The third-order valence-electron chi connectivity index (χ3n) is 6.96. The molecule has 0 radical (unpaired) electrons. The molecular weight excluding hydrogens is 502 g/mol. The van der Waals surface area contributed by atoms with Crippen LogP contribution in [0.15, 0.2) is 77.7 Å². The fourth-order valence-electron chi connectivity index (χ4n) is 4.77. The maximum atomic E-state index is 13.8. The van der Waals surface area contributed by atoms with Gasteiger partial charge in [-0.15, -0.1) is 0 Å². The highest BCUT2D eigenvalue weighted by molar-refractivity contribution is 7.89. The van der Waals surface area contributed by atoms with Crippen LogP contribution in [-0.4, -0.2) is 36.2 Å². The second-order valence-electron chi connectivity index (χ2n) is 9.51. The molecule has 6 nitrogen and oxygen atoms in total. The van der Waals surface area contributed by atoms with Crippen molar-refractivity contribution in [2.75, 3.05) is 11.4 Å². The van der Waals surface area contributed by atoms with E-state index in [-0.39, 0.29) is 16.8 Å². The summed E-state index contributed by atoms with van der Waals surface area (Å²) in [6.45, 7) is 4.97. The van der Waals surface area contributed by atoms with Crippen LogP contribution in [0.4, 0.5) is 5.13 Å². The van der Waals surface area contributed by atoms with Crippen molar-refractivity contribution in [2.24, 2.45) is 0 Å². The summed E-state index contributed by atoms with van der Waals surface area (Å²) >= 11 is 1.49. The number of hydrogen-bond acceptors (Lipinski definition) is 5. The molecule has 1 saturated heterocycles. The number of carbonyl (C=O) groups is 1. The molecule has 0 aliphatic carbocycles. The minimum absolute atomic E-state index is 0.0197. The van der Waals surface area contributed by atoms with Crippen molar-refractivity contribution >= 4 is 42.6 Å². The molecule has 1 aromatic heterocycles. The zero-order valence-corrected chi connectivity index (χ0v) is 22.8. The zero-order chi connectivity index (χ0) is 26.0. The fraction of sp³-hybridized carbons (Fsp3) is 0.310. The molecular formula is C29H31N3O3S2. The first-order valence-corrected chi connectivity index (χ1v) is 15.0. The summed E-state index contributed by atoms with van der Waals surface area (Å²) in [6.07, 6.45) is 3.72. The minimum atomic E-state index is -3.60. The number of sulfonamides is 1. The Balaban J connectivity index is 1.47. The molecule has 1 amide bonds. The summed E-state index contributed by atoms with van der Waals surface area (Å²) in [6, 6.07) is 22.3. The van der Waals surface area contributed by atoms with Gasteiger partial charge < -0.3 is 0 Å². The molecule has 5 rings (SSSR count). The summed E-state index contributed by atoms with van der Waals surface area (Å²) in [5.74, 6) is -0.214. The topological polar surface area (TPSA) is 70.6 Å². The molecule has 1 unspecified atom stereocenters. The van der Waals surface area contributed by atoms with Gasteiger partial charge in [0.25, 0.3) is 5.91 Å². The van der Waals surface area contributed by atoms with Crippen molar-refractivity contribution in [3.8, 4) is 0 Å². The van der Waals surface area contributed by atoms with Gasteiger partial charge in [0.1, 0.15) is 0 Å². The largest absolute Gasteiger partial charge is 0.279 e. The van der Waals surface area contributed by atoms with Crippen molar-refractivity contribution in [1.29, 1.82) is 0 Å². The van der Waals surface area contributed by atoms with Crippen molar-refractivity contribution in [1.82, 2.24) is 9.29 Å². The second kappa shape index (κ2) is 10.7. The smallest absolute Gasteiger partial charge is 0.260 e. The van der Waals surface area contributed by atoms with E-state index in [4.69, 9.17) is 4.98 Å². The number of thiazole rings is 1. The average molecular weight is 534 g/mol. The number of aryl methyl sites for hydroxylation is 1. The third kappa shape index (κ3) is 5.32. The molecule has 1 aliphatic rings. The van der Waals surface area contributed by atoms with E-state index in [1.54, 1.807) is 33.5 Å². The molecule has 0 saturated carbocycles. The van der Waals surface area contributed by atoms with Crippen LogP contribution >= 0.6 is 11.3 Å². The average Bonchev–Trinajstić information content (AvgIpc) is 3.35. The molecule has 1 atom stereocenters. The van der Waals surface area contributed by atoms with Crippen molar-refractivity contribution in [3.63, 3.8) is 0 Å². The maximum Gasteiger partial charge on any atom is 0.260 e. The molecule has 3 aromatic carbocycles. The zero-order valence-electron chi connectivity index (χ0n) is 21.1. The van der Waals surface area contributed by atoms with Gasteiger partial charge in [-0.25, -0.2) is 13.4 Å². The van der Waals surface area contributed by atoms with E-state index in [9.17, 15) is 13.2 Å². The van der Waals surface area contributed by atoms with Gasteiger partial charge in [-0.05, 0) is 73.7 Å². The Morgan fingerprint density at radius 1 is 1.03 bits per heavy atom. The number of carbonyl (C=O) groups excluding carboxylic acids is 1. The van der Waals surface area contributed by atoms with Crippen LogP contribution in [-0.2, 0) is 23.0 Å². The number of amides is 1. The standard InChI is InChI=1S/C29H31N3O3S2/c1-3-22-12-17-26-27(19-22)36-29(30-26)31(20-23-10-5-4-6-11-23)28(33)24-13-15-25(16-14-24)37(34,35)32-18-8-7-9-21(32)2/h4-6,10-17,19,21H,3,7-9,18,20H2,1-2H3. The van der Waals surface area contributed by atoms with Gasteiger partial charge in [0.2, 0.25) is 10.0 Å². The number of anilines is 1. The first-order chi connectivity index (χ1) is 17.9. The molecule has 4 aromatic rings. The van der Waals surface area contributed by atoms with Gasteiger partial charge in [-0.3, -0.25) is 9.69 Å². The Kier molecular flexibility index (Phi) is 7.42. The fourth-order valence-corrected chi connectivity index (χ4v) is 7.50. The number of hydrogen-bond donors (Lipinski definition) is 0. The Bertz CT molecular complexity index is 1500. The van der Waals surface area contributed by atoms with E-state index in [1.165, 1.54) is 16.9 Å². The minimum Gasteiger partial charge on any atom is -0.279 e. The highest BCUT2D eigenvalue weighted by Gasteiger charge is 2.31. The van der Waals surface area contributed by atoms with Crippen LogP contribution < -0.4 is 4.90 Å². The van der Waals surface area contributed by atoms with Gasteiger partial charge >= 0.3 is 0 Å². The summed E-state index contributed by atoms with van der Waals surface area (Å²) < 4.78 is 29.1. The molecule has 2 heterocycles. The third-order valence-corrected chi connectivity index (χ3v) is 10.0. The van der Waals surface area contributed by atoms with Crippen LogP contribution in [0.1, 0.15) is 54.6 Å². The van der Waals surface area contributed by atoms with Crippen LogP contribution in [0.2, 0.25) is 0 Å². The Hall–Kier alpha value is -3.07. The van der Waals surface area contributed by atoms with Crippen LogP contribution in [0.25, 0.3) is 10.2 Å². The van der Waals surface area contributed by atoms with Crippen LogP contribution in [0, 0.1) is 0 Å². The molecule has 1 fully saturated rings. The monoisotopic (exact) mass is 533 g/mol. The quantitative estimate of drug-likeness (QED) is 0.281. The van der Waals surface area contributed by atoms with Crippen LogP contribution in [0.3, 0.4) is 0 Å². The van der Waals surface area contributed by atoms with E-state index < -0.39 is 10.0 Å². The lowest BCUT2D eigenvalue weighted by atomic mass is 10.1. The van der Waals surface area contributed by atoms with E-state index in [0.29, 0.717) is 23.8 Å². The second-order valence-corrected chi connectivity index (χ2v) is 12.4. The van der Waals surface area contributed by atoms with Gasteiger partial charge in [0.15, 0.2) is 5.13 Å². The highest BCUT2D eigenvalue weighted by atomic mass is 32.2. The highest BCUT2D eigenvalue weighted by Crippen LogP contribution is 2.32. The Morgan fingerprint density at radius 3 is 2.49 bits per heavy atom. The normalized spacial score (nSPS) is 16.6. The Labute approximate surface area is 222 Å². The summed E-state index contributed by atoms with van der Waals surface area (Å²) in [7, 11) is -3.60. The molecule has 37 heavy (non-hydrogen) atoms. The van der Waals surface area contributed by atoms with Crippen molar-refractivity contribution in [3.05, 3.63) is 89.5 Å². The molecule has 192 valence electrons. The molecule has 8 heteroatoms. The van der Waals surface area contributed by atoms with E-state index >= 15 is 0 Å². The van der Waals surface area contributed by atoms with Gasteiger partial charge in [-0.2, -0.15) is 4.31 Å². The lowest BCUT2D eigenvalue weighted by molar-refractivity contribution is 0.0985. The van der Waals surface area contributed by atoms with Gasteiger partial charge in [0, 0.05) is 18.2 Å². The summed E-state index contributed by atoms with van der Waals surface area (Å²) in [5, 5.41) is 0.621. The number of nitrogens with zero attached hydrogens (tertiary/aromatic N) is 3. The maximum absolute atomic E-state index is 13.8. The Morgan fingerprint density at radius 2 is 1.78 bits per heavy atom. The van der Waals surface area contributed by atoms with Crippen molar-refractivity contribution < 1.29 is 13.2 Å². The number of aromatic nitrogens is 1. The number of piperidine rings is 1. The first kappa shape index (κ1) is 25.6. The SMILES string of the molecule is CCc1ccc2nc(N(Cc3ccccc3)C(=O)c3ccc(S(=O)(=O)N4CCCCC4C)cc3)sc2c1. The van der Waals surface area contributed by atoms with Gasteiger partial charge in [-0.1, -0.05) is 61.1 Å². The number of fused-ring (bicyclic) bond motifs is 1. The van der Waals surface area contributed by atoms with E-state index in [1.807, 2.05) is 43.3 Å². The van der Waals surface area contributed by atoms with E-state index in [0.717, 1.165) is 41.5 Å². The lowest BCUT2D eigenvalue weighted by Crippen LogP contribution is -2.41. The molecule has 0 N–H and O–H groups in total.